The molecule has 3 rings (SSSR count). The summed E-state index contributed by atoms with van der Waals surface area (Å²) in [5.41, 5.74) is -5.45. The minimum atomic E-state index is -1.68. The Bertz CT molecular complexity index is 1130. The van der Waals surface area contributed by atoms with Crippen LogP contribution in [-0.4, -0.2) is 65.8 Å². The Hall–Kier alpha value is -3.43. The van der Waals surface area contributed by atoms with E-state index < -0.39 is 71.1 Å². The summed E-state index contributed by atoms with van der Waals surface area (Å²) in [5, 5.41) is 23.5. The van der Waals surface area contributed by atoms with Crippen LogP contribution >= 0.6 is 0 Å². The van der Waals surface area contributed by atoms with E-state index >= 15 is 0 Å². The van der Waals surface area contributed by atoms with E-state index in [0.29, 0.717) is 4.68 Å². The van der Waals surface area contributed by atoms with E-state index in [1.54, 1.807) is 9.97 Å². The van der Waals surface area contributed by atoms with Gasteiger partial charge in [0.15, 0.2) is 11.9 Å². The Morgan fingerprint density at radius 2 is 1.93 bits per heavy atom. The van der Waals surface area contributed by atoms with Crippen LogP contribution in [0.5, 0.6) is 0 Å². The molecule has 14 nitrogen and oxygen atoms in total. The van der Waals surface area contributed by atoms with Gasteiger partial charge < -0.3 is 19.7 Å². The summed E-state index contributed by atoms with van der Waals surface area (Å²) < 4.78 is 24.1. The first-order chi connectivity index (χ1) is 13.2. The Balaban J connectivity index is 1.74. The van der Waals surface area contributed by atoms with Crippen molar-refractivity contribution in [1.82, 2.24) is 24.7 Å². The highest BCUT2D eigenvalue weighted by atomic mass is 19.1. The molecule has 0 amide bonds. The number of ether oxygens (including phenoxy) is 2. The van der Waals surface area contributed by atoms with Crippen molar-refractivity contribution in [2.24, 2.45) is 0 Å². The van der Waals surface area contributed by atoms with E-state index in [9.17, 15) is 38.6 Å². The van der Waals surface area contributed by atoms with Gasteiger partial charge in [-0.1, -0.05) is 0 Å². The predicted octanol–water partition coefficient (Wildman–Crippen LogP) is -4.08. The van der Waals surface area contributed by atoms with Crippen molar-refractivity contribution in [2.75, 3.05) is 6.61 Å². The number of aliphatic hydroxyl groups excluding tert-OH is 2. The normalized spacial score (nSPS) is 24.2. The van der Waals surface area contributed by atoms with Crippen LogP contribution in [0.1, 0.15) is 16.7 Å². The average molecular weight is 401 g/mol. The summed E-state index contributed by atoms with van der Waals surface area (Å²) in [6.45, 7) is -0.736. The molecule has 28 heavy (non-hydrogen) atoms. The van der Waals surface area contributed by atoms with Gasteiger partial charge in [-0.2, -0.15) is 14.2 Å². The van der Waals surface area contributed by atoms with Gasteiger partial charge in [-0.15, -0.1) is 0 Å². The summed E-state index contributed by atoms with van der Waals surface area (Å²) in [4.78, 5) is 62.1. The third-order valence-corrected chi connectivity index (χ3v) is 3.78. The minimum absolute atomic E-state index is 0.561. The Morgan fingerprint density at radius 1 is 1.21 bits per heavy atom. The molecule has 0 radical (unpaired) electrons. The number of hydrogen-bond donors (Lipinski definition) is 5. The van der Waals surface area contributed by atoms with Crippen LogP contribution in [0.25, 0.3) is 0 Å². The van der Waals surface area contributed by atoms with Crippen LogP contribution in [0.3, 0.4) is 0 Å². The number of rotatable bonds is 4. The summed E-state index contributed by atoms with van der Waals surface area (Å²) >= 11 is 0. The largest absolute Gasteiger partial charge is 0.458 e. The van der Waals surface area contributed by atoms with Crippen molar-refractivity contribution in [2.45, 2.75) is 24.5 Å². The molecule has 0 bridgehead atoms. The molecule has 0 spiro atoms. The van der Waals surface area contributed by atoms with Crippen molar-refractivity contribution in [3.05, 3.63) is 59.4 Å². The Kier molecular flexibility index (Phi) is 5.04. The number of aromatic amines is 3. The molecule has 15 heteroatoms. The first-order valence-electron chi connectivity index (χ1n) is 7.58. The second-order valence-corrected chi connectivity index (χ2v) is 5.63. The van der Waals surface area contributed by atoms with Crippen LogP contribution in [-0.2, 0) is 9.47 Å². The average Bonchev–Trinajstić information content (AvgIpc) is 2.91. The van der Waals surface area contributed by atoms with Crippen LogP contribution in [0, 0.1) is 5.82 Å². The maximum Gasteiger partial charge on any atom is 0.358 e. The van der Waals surface area contributed by atoms with Gasteiger partial charge in [0.05, 0.1) is 0 Å². The zero-order valence-electron chi connectivity index (χ0n) is 13.6. The van der Waals surface area contributed by atoms with Crippen LogP contribution in [0.15, 0.2) is 25.4 Å². The molecule has 1 aliphatic rings. The molecule has 3 heterocycles. The number of nitrogens with zero attached hydrogens (tertiary/aromatic N) is 2. The topological polar surface area (TPSA) is 209 Å². The number of aliphatic hydroxyl groups is 2. The number of carbonyl (C=O) groups is 1. The fourth-order valence-electron chi connectivity index (χ4n) is 2.45. The van der Waals surface area contributed by atoms with Crippen molar-refractivity contribution in [3.8, 4) is 0 Å². The first kappa shape index (κ1) is 19.3. The minimum Gasteiger partial charge on any atom is -0.458 e. The quantitative estimate of drug-likeness (QED) is 0.313. The maximum atomic E-state index is 13.6. The molecule has 0 unspecified atom stereocenters. The molecule has 0 saturated carbocycles. The molecule has 2 aromatic rings. The Morgan fingerprint density at radius 3 is 2.61 bits per heavy atom. The highest BCUT2D eigenvalue weighted by Crippen LogP contribution is 2.27. The van der Waals surface area contributed by atoms with Crippen molar-refractivity contribution in [3.63, 3.8) is 0 Å². The fourth-order valence-corrected chi connectivity index (χ4v) is 2.45. The fraction of sp³-hybridized carbons (Fsp3) is 0.385. The first-order valence-corrected chi connectivity index (χ1v) is 7.58. The predicted molar refractivity (Wildman–Crippen MR) is 83.0 cm³/mol. The van der Waals surface area contributed by atoms with E-state index in [-0.39, 0.29) is 0 Å². The number of aromatic nitrogens is 5. The number of H-pyrrole nitrogens is 3. The lowest BCUT2D eigenvalue weighted by molar-refractivity contribution is -0.0660. The van der Waals surface area contributed by atoms with E-state index in [1.165, 1.54) is 0 Å². The molecule has 2 aromatic heterocycles. The molecule has 1 fully saturated rings. The van der Waals surface area contributed by atoms with Gasteiger partial charge in [-0.05, 0) is 0 Å². The zero-order chi connectivity index (χ0) is 20.6. The van der Waals surface area contributed by atoms with E-state index in [4.69, 9.17) is 9.47 Å². The molecule has 0 aliphatic carbocycles. The zero-order valence-corrected chi connectivity index (χ0v) is 13.6. The van der Waals surface area contributed by atoms with Gasteiger partial charge in [-0.3, -0.25) is 24.5 Å². The molecule has 150 valence electrons. The van der Waals surface area contributed by atoms with E-state index in [2.05, 4.69) is 5.10 Å². The Labute approximate surface area is 151 Å². The van der Waals surface area contributed by atoms with Crippen LogP contribution < -0.4 is 22.5 Å². The highest BCUT2D eigenvalue weighted by Gasteiger charge is 2.45. The smallest absolute Gasteiger partial charge is 0.358 e. The van der Waals surface area contributed by atoms with Gasteiger partial charge in [0.2, 0.25) is 5.82 Å². The number of halogens is 1. The number of nitrogens with one attached hydrogen (secondary N) is 3. The monoisotopic (exact) mass is 401 g/mol. The maximum absolute atomic E-state index is 13.6. The molecule has 1 aliphatic heterocycles. The molecule has 1 saturated heterocycles. The van der Waals surface area contributed by atoms with Crippen LogP contribution in [0.2, 0.25) is 0 Å². The summed E-state index contributed by atoms with van der Waals surface area (Å²) in [6, 6.07) is 0. The lowest BCUT2D eigenvalue weighted by Crippen LogP contribution is -2.39. The van der Waals surface area contributed by atoms with Crippen molar-refractivity contribution < 1.29 is 28.9 Å². The SMILES string of the molecule is O=C(OC[C@H]1O[C@@H](n2ncc(=O)[nH]c2=O)[C@H](O)[C@@H]1O)c1[nH]c(=O)[nH]c(=O)c1F. The summed E-state index contributed by atoms with van der Waals surface area (Å²) in [7, 11) is 0. The molecular weight excluding hydrogens is 389 g/mol. The van der Waals surface area contributed by atoms with Gasteiger partial charge in [0.1, 0.15) is 31.1 Å². The third-order valence-electron chi connectivity index (χ3n) is 3.78. The molecule has 5 N–H and O–H groups in total. The third kappa shape index (κ3) is 3.53. The van der Waals surface area contributed by atoms with E-state index in [1.807, 2.05) is 4.98 Å². The van der Waals surface area contributed by atoms with Gasteiger partial charge in [-0.25, -0.2) is 14.4 Å². The van der Waals surface area contributed by atoms with Gasteiger partial charge in [0.25, 0.3) is 11.1 Å². The lowest BCUT2D eigenvalue weighted by atomic mass is 10.1. The van der Waals surface area contributed by atoms with Crippen LogP contribution in [0.4, 0.5) is 4.39 Å². The standard InChI is InChI=1S/C13H12FN5O9/c14-5-6(17-12(25)18-9(5)23)11(24)27-2-3-7(21)8(22)10(28-3)19-13(26)16-4(20)1-15-19/h1,3,7-8,10,21-22H,2H2,(H,16,20,26)(H2,17,18,23,25)/t3-,7-,8-,10-/m1/s1. The van der Waals surface area contributed by atoms with Gasteiger partial charge >= 0.3 is 17.3 Å². The number of carbonyl (C=O) groups excluding carboxylic acids is 1. The second kappa shape index (κ2) is 7.29. The number of esters is 1. The summed E-state index contributed by atoms with van der Waals surface area (Å²) in [5.74, 6) is -3.02. The van der Waals surface area contributed by atoms with Gasteiger partial charge in [0, 0.05) is 0 Å². The van der Waals surface area contributed by atoms with Crippen molar-refractivity contribution in [1.29, 1.82) is 0 Å². The second-order valence-electron chi connectivity index (χ2n) is 5.63. The van der Waals surface area contributed by atoms with Crippen molar-refractivity contribution >= 4 is 5.97 Å². The highest BCUT2D eigenvalue weighted by molar-refractivity contribution is 5.87. The molecule has 4 atom stereocenters. The number of hydrogen-bond acceptors (Lipinski definition) is 10. The summed E-state index contributed by atoms with van der Waals surface area (Å²) in [6.07, 6.45) is -5.48. The van der Waals surface area contributed by atoms with E-state index in [0.717, 1.165) is 6.20 Å². The molecule has 0 aromatic carbocycles. The molecular formula is C13H12FN5O9. The lowest BCUT2D eigenvalue weighted by Gasteiger charge is -2.15.